The van der Waals surface area contributed by atoms with Gasteiger partial charge in [0.2, 0.25) is 0 Å². The average Bonchev–Trinajstić information content (AvgIpc) is 3.16. The Labute approximate surface area is 131 Å². The van der Waals surface area contributed by atoms with Crippen molar-refractivity contribution in [2.75, 3.05) is 0 Å². The van der Waals surface area contributed by atoms with Crippen LogP contribution in [-0.4, -0.2) is 35.4 Å². The van der Waals surface area contributed by atoms with Crippen molar-refractivity contribution in [1.29, 1.82) is 0 Å². The van der Waals surface area contributed by atoms with Crippen molar-refractivity contribution in [3.05, 3.63) is 23.8 Å². The number of amides is 1. The molecule has 1 heterocycles. The standard InChI is InChI=1S/C16H22BNO4/c1-15(2)16(3,4)22-17(21-15)11-7-10(8-13(19)9-11)14(20)18-12-5-6-12/h7-9,12,19H,5-6H2,1-4H3,(H,18,20). The highest BCUT2D eigenvalue weighted by Crippen LogP contribution is 2.36. The lowest BCUT2D eigenvalue weighted by Crippen LogP contribution is -2.41. The fourth-order valence-electron chi connectivity index (χ4n) is 2.38. The van der Waals surface area contributed by atoms with Crippen LogP contribution in [0.25, 0.3) is 0 Å². The predicted octanol–water partition coefficient (Wildman–Crippen LogP) is 1.58. The van der Waals surface area contributed by atoms with Crippen LogP contribution in [0.1, 0.15) is 50.9 Å². The minimum absolute atomic E-state index is 0.0353. The van der Waals surface area contributed by atoms with E-state index in [4.69, 9.17) is 9.31 Å². The largest absolute Gasteiger partial charge is 0.508 e. The van der Waals surface area contributed by atoms with Gasteiger partial charge in [0, 0.05) is 11.6 Å². The van der Waals surface area contributed by atoms with E-state index in [2.05, 4.69) is 5.32 Å². The summed E-state index contributed by atoms with van der Waals surface area (Å²) in [5.41, 5.74) is 0.162. The van der Waals surface area contributed by atoms with E-state index < -0.39 is 18.3 Å². The lowest BCUT2D eigenvalue weighted by molar-refractivity contribution is 0.00578. The minimum Gasteiger partial charge on any atom is -0.508 e. The number of hydrogen-bond donors (Lipinski definition) is 2. The molecule has 22 heavy (non-hydrogen) atoms. The molecule has 2 aliphatic rings. The molecule has 0 aromatic heterocycles. The number of phenols is 1. The van der Waals surface area contributed by atoms with Gasteiger partial charge in [0.05, 0.1) is 11.2 Å². The van der Waals surface area contributed by atoms with E-state index in [-0.39, 0.29) is 17.7 Å². The van der Waals surface area contributed by atoms with Crippen LogP contribution < -0.4 is 10.8 Å². The van der Waals surface area contributed by atoms with Gasteiger partial charge in [-0.15, -0.1) is 0 Å². The van der Waals surface area contributed by atoms with Crippen LogP contribution in [0.5, 0.6) is 5.75 Å². The van der Waals surface area contributed by atoms with E-state index >= 15 is 0 Å². The fourth-order valence-corrected chi connectivity index (χ4v) is 2.38. The van der Waals surface area contributed by atoms with E-state index in [1.165, 1.54) is 6.07 Å². The van der Waals surface area contributed by atoms with Crippen LogP contribution in [0, 0.1) is 0 Å². The third kappa shape index (κ3) is 2.85. The SMILES string of the molecule is CC1(C)OB(c2cc(O)cc(C(=O)NC3CC3)c2)OC1(C)C. The highest BCUT2D eigenvalue weighted by Gasteiger charge is 2.51. The van der Waals surface area contributed by atoms with Gasteiger partial charge < -0.3 is 19.7 Å². The zero-order valence-electron chi connectivity index (χ0n) is 13.5. The maximum Gasteiger partial charge on any atom is 0.494 e. The number of aromatic hydroxyl groups is 1. The molecule has 0 spiro atoms. The molecule has 1 aliphatic carbocycles. The number of hydrogen-bond acceptors (Lipinski definition) is 4. The zero-order valence-corrected chi connectivity index (χ0v) is 13.5. The molecule has 0 radical (unpaired) electrons. The van der Waals surface area contributed by atoms with Crippen molar-refractivity contribution in [3.63, 3.8) is 0 Å². The Morgan fingerprint density at radius 2 is 1.77 bits per heavy atom. The van der Waals surface area contributed by atoms with Crippen LogP contribution in [0.15, 0.2) is 18.2 Å². The minimum atomic E-state index is -0.593. The van der Waals surface area contributed by atoms with E-state index in [1.807, 2.05) is 27.7 Å². The lowest BCUT2D eigenvalue weighted by Gasteiger charge is -2.32. The molecule has 0 atom stereocenters. The summed E-state index contributed by atoms with van der Waals surface area (Å²) >= 11 is 0. The van der Waals surface area contributed by atoms with Crippen molar-refractivity contribution < 1.29 is 19.2 Å². The molecule has 1 amide bonds. The second kappa shape index (κ2) is 5.00. The third-order valence-electron chi connectivity index (χ3n) is 4.64. The molecule has 2 fully saturated rings. The number of carbonyl (C=O) groups excluding carboxylic acids is 1. The Hall–Kier alpha value is -1.53. The predicted molar refractivity (Wildman–Crippen MR) is 84.3 cm³/mol. The van der Waals surface area contributed by atoms with Gasteiger partial charge in [-0.2, -0.15) is 0 Å². The molecule has 1 saturated heterocycles. The molecule has 5 nitrogen and oxygen atoms in total. The third-order valence-corrected chi connectivity index (χ3v) is 4.64. The molecule has 1 aromatic rings. The van der Waals surface area contributed by atoms with Crippen LogP contribution >= 0.6 is 0 Å². The van der Waals surface area contributed by atoms with Crippen LogP contribution in [0.3, 0.4) is 0 Å². The van der Waals surface area contributed by atoms with Crippen LogP contribution in [0.2, 0.25) is 0 Å². The van der Waals surface area contributed by atoms with Gasteiger partial charge in [-0.05, 0) is 64.2 Å². The second-order valence-electron chi connectivity index (χ2n) is 7.15. The first-order valence-corrected chi connectivity index (χ1v) is 7.68. The maximum absolute atomic E-state index is 12.2. The van der Waals surface area contributed by atoms with Crippen LogP contribution in [0.4, 0.5) is 0 Å². The van der Waals surface area contributed by atoms with Gasteiger partial charge in [0.25, 0.3) is 5.91 Å². The molecule has 3 rings (SSSR count). The molecule has 0 unspecified atom stereocenters. The number of nitrogens with one attached hydrogen (secondary N) is 1. The summed E-state index contributed by atoms with van der Waals surface area (Å²) in [7, 11) is -0.593. The smallest absolute Gasteiger partial charge is 0.494 e. The highest BCUT2D eigenvalue weighted by molar-refractivity contribution is 6.62. The molecule has 1 aromatic carbocycles. The Kier molecular flexibility index (Phi) is 3.49. The first kappa shape index (κ1) is 15.4. The van der Waals surface area contributed by atoms with Crippen molar-refractivity contribution in [2.24, 2.45) is 0 Å². The van der Waals surface area contributed by atoms with Gasteiger partial charge in [-0.25, -0.2) is 0 Å². The lowest BCUT2D eigenvalue weighted by atomic mass is 9.78. The number of benzene rings is 1. The Morgan fingerprint density at radius 1 is 1.18 bits per heavy atom. The van der Waals surface area contributed by atoms with Gasteiger partial charge >= 0.3 is 7.12 Å². The maximum atomic E-state index is 12.2. The molecule has 0 bridgehead atoms. The van der Waals surface area contributed by atoms with Crippen molar-refractivity contribution in [3.8, 4) is 5.75 Å². The normalized spacial score (nSPS) is 22.6. The topological polar surface area (TPSA) is 67.8 Å². The summed E-state index contributed by atoms with van der Waals surface area (Å²) in [6.07, 6.45) is 2.04. The molecule has 118 valence electrons. The van der Waals surface area contributed by atoms with Crippen molar-refractivity contribution in [2.45, 2.75) is 57.8 Å². The van der Waals surface area contributed by atoms with Gasteiger partial charge in [0.1, 0.15) is 5.75 Å². The summed E-state index contributed by atoms with van der Waals surface area (Å²) in [5, 5.41) is 12.8. The average molecular weight is 303 g/mol. The van der Waals surface area contributed by atoms with Crippen molar-refractivity contribution in [1.82, 2.24) is 5.32 Å². The van der Waals surface area contributed by atoms with Crippen molar-refractivity contribution >= 4 is 18.5 Å². The van der Waals surface area contributed by atoms with Crippen LogP contribution in [-0.2, 0) is 9.31 Å². The summed E-state index contributed by atoms with van der Waals surface area (Å²) < 4.78 is 11.9. The van der Waals surface area contributed by atoms with E-state index in [9.17, 15) is 9.90 Å². The number of rotatable bonds is 3. The summed E-state index contributed by atoms with van der Waals surface area (Å²) in [5.74, 6) is -0.135. The van der Waals surface area contributed by atoms with Gasteiger partial charge in [0.15, 0.2) is 0 Å². The molecule has 1 saturated carbocycles. The summed E-state index contributed by atoms with van der Waals surface area (Å²) in [4.78, 5) is 12.2. The van der Waals surface area contributed by atoms with Gasteiger partial charge in [-0.3, -0.25) is 4.79 Å². The first-order valence-electron chi connectivity index (χ1n) is 7.68. The van der Waals surface area contributed by atoms with E-state index in [1.54, 1.807) is 12.1 Å². The van der Waals surface area contributed by atoms with Gasteiger partial charge in [-0.1, -0.05) is 0 Å². The number of phenolic OH excluding ortho intramolecular Hbond substituents is 1. The Balaban J connectivity index is 1.85. The molecular formula is C16H22BNO4. The monoisotopic (exact) mass is 303 g/mol. The molecule has 6 heteroatoms. The molecular weight excluding hydrogens is 281 g/mol. The Morgan fingerprint density at radius 3 is 2.32 bits per heavy atom. The Bertz CT molecular complexity index is 594. The quantitative estimate of drug-likeness (QED) is 0.832. The zero-order chi connectivity index (χ0) is 16.1. The fraction of sp³-hybridized carbons (Fsp3) is 0.562. The second-order valence-corrected chi connectivity index (χ2v) is 7.15. The number of carbonyl (C=O) groups is 1. The molecule has 2 N–H and O–H groups in total. The van der Waals surface area contributed by atoms with E-state index in [0.29, 0.717) is 11.0 Å². The van der Waals surface area contributed by atoms with E-state index in [0.717, 1.165) is 12.8 Å². The molecule has 1 aliphatic heterocycles. The first-order chi connectivity index (χ1) is 10.2. The summed E-state index contributed by atoms with van der Waals surface area (Å²) in [6, 6.07) is 5.04. The summed E-state index contributed by atoms with van der Waals surface area (Å²) in [6.45, 7) is 7.88. The highest BCUT2D eigenvalue weighted by atomic mass is 16.7.